The van der Waals surface area contributed by atoms with Crippen LogP contribution in [0, 0.1) is 6.92 Å². The molecule has 3 nitrogen and oxygen atoms in total. The maximum Gasteiger partial charge on any atom is 0.378 e. The third-order valence-corrected chi connectivity index (χ3v) is 2.10. The number of carbonyl (C=O) groups excluding carboxylic acids is 1. The van der Waals surface area contributed by atoms with E-state index in [0.29, 0.717) is 5.56 Å². The van der Waals surface area contributed by atoms with Gasteiger partial charge in [-0.05, 0) is 18.6 Å². The second kappa shape index (κ2) is 4.14. The summed E-state index contributed by atoms with van der Waals surface area (Å²) >= 11 is 1.92. The van der Waals surface area contributed by atoms with E-state index < -0.39 is 10.7 Å². The van der Waals surface area contributed by atoms with Crippen LogP contribution in [0.1, 0.15) is 5.56 Å². The Labute approximate surface area is 93.2 Å². The van der Waals surface area contributed by atoms with E-state index >= 15 is 0 Å². The molecule has 6 heteroatoms. The third kappa shape index (κ3) is 2.89. The van der Waals surface area contributed by atoms with Crippen LogP contribution in [-0.2, 0) is 4.79 Å². The van der Waals surface area contributed by atoms with Crippen molar-refractivity contribution >= 4 is 27.5 Å². The fraction of sp³-hybridized carbons (Fsp3) is 0.222. The molecule has 1 aromatic rings. The van der Waals surface area contributed by atoms with Crippen molar-refractivity contribution in [2.24, 2.45) is 0 Å². The van der Waals surface area contributed by atoms with Crippen molar-refractivity contribution in [1.29, 1.82) is 0 Å². The van der Waals surface area contributed by atoms with E-state index in [0.717, 1.165) is 0 Å². The summed E-state index contributed by atoms with van der Waals surface area (Å²) < 4.78 is 24.9. The van der Waals surface area contributed by atoms with Gasteiger partial charge in [-0.1, -0.05) is 12.1 Å². The van der Waals surface area contributed by atoms with Crippen molar-refractivity contribution < 1.29 is 18.7 Å². The number of hydrogen-bond donors (Lipinski definition) is 2. The van der Waals surface area contributed by atoms with Crippen molar-refractivity contribution in [2.45, 2.75) is 11.8 Å². The molecular weight excluding hydrogens is 272 g/mol. The molecule has 0 bridgehead atoms. The van der Waals surface area contributed by atoms with Crippen LogP contribution in [0.25, 0.3) is 0 Å². The standard InChI is InChI=1S/C9H8BrF2NO2/c1-5-3-2-4-6(7(5)14)13-8(15)9(10,11)12/h2-4,14H,1H3,(H,13,15). The molecule has 0 aliphatic heterocycles. The second-order valence-corrected chi connectivity index (χ2v) is 3.92. The number of anilines is 1. The van der Waals surface area contributed by atoms with Gasteiger partial charge in [0.05, 0.1) is 5.69 Å². The Balaban J connectivity index is 2.91. The molecule has 82 valence electrons. The Morgan fingerprint density at radius 3 is 2.67 bits per heavy atom. The van der Waals surface area contributed by atoms with E-state index in [1.54, 1.807) is 13.0 Å². The Hall–Kier alpha value is -1.17. The number of rotatable bonds is 2. The zero-order valence-electron chi connectivity index (χ0n) is 7.72. The lowest BCUT2D eigenvalue weighted by Gasteiger charge is -2.11. The first kappa shape index (κ1) is 11.9. The molecule has 0 aliphatic carbocycles. The Morgan fingerprint density at radius 2 is 2.13 bits per heavy atom. The number of carbonyl (C=O) groups is 1. The first-order chi connectivity index (χ1) is 6.82. The molecule has 0 spiro atoms. The Kier molecular flexibility index (Phi) is 3.28. The monoisotopic (exact) mass is 279 g/mol. The minimum atomic E-state index is -3.65. The fourth-order valence-corrected chi connectivity index (χ4v) is 1.05. The van der Waals surface area contributed by atoms with Crippen LogP contribution >= 0.6 is 15.9 Å². The zero-order chi connectivity index (χ0) is 11.6. The van der Waals surface area contributed by atoms with E-state index in [-0.39, 0.29) is 11.4 Å². The van der Waals surface area contributed by atoms with Crippen LogP contribution in [0.3, 0.4) is 0 Å². The van der Waals surface area contributed by atoms with Crippen LogP contribution in [0.15, 0.2) is 18.2 Å². The minimum Gasteiger partial charge on any atom is -0.505 e. The van der Waals surface area contributed by atoms with Crippen molar-refractivity contribution in [1.82, 2.24) is 0 Å². The number of hydrogen-bond acceptors (Lipinski definition) is 2. The average molecular weight is 280 g/mol. The number of halogens is 3. The molecule has 0 saturated heterocycles. The van der Waals surface area contributed by atoms with Gasteiger partial charge in [0.1, 0.15) is 5.75 Å². The quantitative estimate of drug-likeness (QED) is 0.646. The molecule has 0 fully saturated rings. The van der Waals surface area contributed by atoms with Crippen LogP contribution in [0.4, 0.5) is 14.5 Å². The highest BCUT2D eigenvalue weighted by Crippen LogP contribution is 2.29. The van der Waals surface area contributed by atoms with Gasteiger partial charge in [-0.3, -0.25) is 4.79 Å². The van der Waals surface area contributed by atoms with E-state index in [1.807, 2.05) is 21.2 Å². The number of phenolic OH excluding ortho intramolecular Hbond substituents is 1. The third-order valence-electron chi connectivity index (χ3n) is 1.74. The number of alkyl halides is 3. The normalized spacial score (nSPS) is 11.2. The number of amides is 1. The van der Waals surface area contributed by atoms with Gasteiger partial charge in [0, 0.05) is 15.9 Å². The van der Waals surface area contributed by atoms with Gasteiger partial charge < -0.3 is 10.4 Å². The van der Waals surface area contributed by atoms with Crippen LogP contribution in [0.5, 0.6) is 5.75 Å². The van der Waals surface area contributed by atoms with Gasteiger partial charge in [-0.15, -0.1) is 0 Å². The summed E-state index contributed by atoms with van der Waals surface area (Å²) in [5.74, 6) is -1.74. The van der Waals surface area contributed by atoms with Crippen LogP contribution < -0.4 is 5.32 Å². The summed E-state index contributed by atoms with van der Waals surface area (Å²) in [6, 6.07) is 4.47. The summed E-state index contributed by atoms with van der Waals surface area (Å²) in [6.07, 6.45) is 0. The lowest BCUT2D eigenvalue weighted by molar-refractivity contribution is -0.128. The van der Waals surface area contributed by atoms with Gasteiger partial charge in [-0.25, -0.2) is 0 Å². The van der Waals surface area contributed by atoms with E-state index in [9.17, 15) is 18.7 Å². The second-order valence-electron chi connectivity index (χ2n) is 2.92. The molecule has 0 aromatic heterocycles. The summed E-state index contributed by atoms with van der Waals surface area (Å²) in [7, 11) is 0. The smallest absolute Gasteiger partial charge is 0.378 e. The summed E-state index contributed by atoms with van der Waals surface area (Å²) in [6.45, 7) is 1.59. The largest absolute Gasteiger partial charge is 0.505 e. The topological polar surface area (TPSA) is 49.3 Å². The first-order valence-corrected chi connectivity index (χ1v) is 4.78. The van der Waals surface area contributed by atoms with E-state index in [1.165, 1.54) is 12.1 Å². The van der Waals surface area contributed by atoms with Crippen molar-refractivity contribution in [3.8, 4) is 5.75 Å². The molecule has 1 aromatic carbocycles. The molecule has 0 atom stereocenters. The highest BCUT2D eigenvalue weighted by molar-refractivity contribution is 9.10. The SMILES string of the molecule is Cc1cccc(NC(=O)C(F)(F)Br)c1O. The van der Waals surface area contributed by atoms with E-state index in [2.05, 4.69) is 0 Å². The predicted molar refractivity (Wildman–Crippen MR) is 55.3 cm³/mol. The predicted octanol–water partition coefficient (Wildman–Crippen LogP) is 2.63. The van der Waals surface area contributed by atoms with Gasteiger partial charge in [0.25, 0.3) is 0 Å². The average Bonchev–Trinajstić information content (AvgIpc) is 2.11. The molecular formula is C9H8BrF2NO2. The number of phenols is 1. The lowest BCUT2D eigenvalue weighted by atomic mass is 10.2. The molecule has 1 rings (SSSR count). The molecule has 0 radical (unpaired) electrons. The van der Waals surface area contributed by atoms with Gasteiger partial charge in [0.15, 0.2) is 0 Å². The molecule has 15 heavy (non-hydrogen) atoms. The fourth-order valence-electron chi connectivity index (χ4n) is 0.953. The first-order valence-electron chi connectivity index (χ1n) is 3.99. The summed E-state index contributed by atoms with van der Waals surface area (Å²) in [5, 5.41) is 11.3. The van der Waals surface area contributed by atoms with Gasteiger partial charge in [0.2, 0.25) is 0 Å². The molecule has 2 N–H and O–H groups in total. The van der Waals surface area contributed by atoms with E-state index in [4.69, 9.17) is 0 Å². The number of aromatic hydroxyl groups is 1. The van der Waals surface area contributed by atoms with Gasteiger partial charge in [-0.2, -0.15) is 8.78 Å². The molecule has 1 amide bonds. The molecule has 0 heterocycles. The number of para-hydroxylation sites is 1. The number of nitrogens with one attached hydrogen (secondary N) is 1. The number of benzene rings is 1. The number of aryl methyl sites for hydroxylation is 1. The highest BCUT2D eigenvalue weighted by atomic mass is 79.9. The maximum atomic E-state index is 12.5. The van der Waals surface area contributed by atoms with Crippen LogP contribution in [-0.4, -0.2) is 15.8 Å². The molecule has 0 aliphatic rings. The molecule has 0 saturated carbocycles. The lowest BCUT2D eigenvalue weighted by Crippen LogP contribution is -2.28. The van der Waals surface area contributed by atoms with Crippen molar-refractivity contribution in [3.63, 3.8) is 0 Å². The van der Waals surface area contributed by atoms with Crippen molar-refractivity contribution in [2.75, 3.05) is 5.32 Å². The summed E-state index contributed by atoms with van der Waals surface area (Å²) in [5.41, 5.74) is 0.449. The summed E-state index contributed by atoms with van der Waals surface area (Å²) in [4.78, 5) is 7.23. The maximum absolute atomic E-state index is 12.5. The van der Waals surface area contributed by atoms with Crippen LogP contribution in [0.2, 0.25) is 0 Å². The zero-order valence-corrected chi connectivity index (χ0v) is 9.31. The Bertz CT molecular complexity index is 390. The molecule has 0 unspecified atom stereocenters. The Morgan fingerprint density at radius 1 is 1.53 bits per heavy atom. The minimum absolute atomic E-state index is 0.0425. The van der Waals surface area contributed by atoms with Crippen molar-refractivity contribution in [3.05, 3.63) is 23.8 Å². The highest BCUT2D eigenvalue weighted by Gasteiger charge is 2.35. The van der Waals surface area contributed by atoms with Gasteiger partial charge >= 0.3 is 10.7 Å².